The maximum atomic E-state index is 13.1. The zero-order valence-corrected chi connectivity index (χ0v) is 14.3. The van der Waals surface area contributed by atoms with Crippen molar-refractivity contribution in [2.45, 2.75) is 24.7 Å². The van der Waals surface area contributed by atoms with E-state index >= 15 is 0 Å². The lowest BCUT2D eigenvalue weighted by molar-refractivity contribution is -0.138. The summed E-state index contributed by atoms with van der Waals surface area (Å²) in [4.78, 5) is 16.0. The van der Waals surface area contributed by atoms with Crippen molar-refractivity contribution in [1.82, 2.24) is 9.55 Å². The number of nitrogens with zero attached hydrogens (tertiary/aromatic N) is 3. The second-order valence-corrected chi connectivity index (χ2v) is 6.52. The molecular formula is C17H12F3N3O2S. The summed E-state index contributed by atoms with van der Waals surface area (Å²) >= 11 is 0.997. The summed E-state index contributed by atoms with van der Waals surface area (Å²) in [6, 6.07) is 9.32. The Morgan fingerprint density at radius 3 is 2.77 bits per heavy atom. The number of hydrogen-bond acceptors (Lipinski definition) is 5. The number of oxazole rings is 1. The highest BCUT2D eigenvalue weighted by molar-refractivity contribution is 7.99. The van der Waals surface area contributed by atoms with Crippen LogP contribution in [0.5, 0.6) is 0 Å². The molecule has 0 radical (unpaired) electrons. The summed E-state index contributed by atoms with van der Waals surface area (Å²) in [5, 5.41) is 9.15. The molecule has 26 heavy (non-hydrogen) atoms. The summed E-state index contributed by atoms with van der Waals surface area (Å²) in [6.45, 7) is 1.65. The number of nitriles is 1. The lowest BCUT2D eigenvalue weighted by atomic mass is 10.1. The minimum Gasteiger partial charge on any atom is -0.408 e. The molecule has 0 saturated heterocycles. The molecule has 3 rings (SSSR count). The van der Waals surface area contributed by atoms with E-state index < -0.39 is 23.1 Å². The van der Waals surface area contributed by atoms with Crippen molar-refractivity contribution in [3.05, 3.63) is 57.7 Å². The molecule has 134 valence electrons. The number of rotatable bonds is 4. The predicted molar refractivity (Wildman–Crippen MR) is 89.9 cm³/mol. The van der Waals surface area contributed by atoms with Gasteiger partial charge in [-0.25, -0.2) is 9.78 Å². The largest absolute Gasteiger partial charge is 0.419 e. The molecule has 0 unspecified atom stereocenters. The molecule has 0 spiro atoms. The van der Waals surface area contributed by atoms with Gasteiger partial charge in [0.15, 0.2) is 5.58 Å². The normalized spacial score (nSPS) is 11.7. The van der Waals surface area contributed by atoms with Gasteiger partial charge in [0.2, 0.25) is 0 Å². The summed E-state index contributed by atoms with van der Waals surface area (Å²) in [5.74, 6) is -0.285. The van der Waals surface area contributed by atoms with Crippen molar-refractivity contribution in [1.29, 1.82) is 5.26 Å². The Morgan fingerprint density at radius 1 is 1.35 bits per heavy atom. The van der Waals surface area contributed by atoms with Crippen LogP contribution in [-0.4, -0.2) is 15.3 Å². The van der Waals surface area contributed by atoms with Gasteiger partial charge in [-0.15, -0.1) is 11.8 Å². The zero-order valence-electron chi connectivity index (χ0n) is 13.5. The smallest absolute Gasteiger partial charge is 0.408 e. The molecule has 0 aliphatic carbocycles. The first-order valence-electron chi connectivity index (χ1n) is 7.51. The van der Waals surface area contributed by atoms with E-state index in [1.165, 1.54) is 11.5 Å². The SMILES string of the molecule is Cc1cc(C(F)(F)F)c(C#N)c(SCCn2c(=O)oc3ccccc32)n1. The molecule has 3 aromatic rings. The molecule has 9 heteroatoms. The average Bonchev–Trinajstić information content (AvgIpc) is 2.89. The van der Waals surface area contributed by atoms with Crippen LogP contribution in [0.1, 0.15) is 16.8 Å². The fourth-order valence-corrected chi connectivity index (χ4v) is 3.52. The molecule has 2 aromatic heterocycles. The van der Waals surface area contributed by atoms with E-state index in [0.29, 0.717) is 11.1 Å². The van der Waals surface area contributed by atoms with Crippen molar-refractivity contribution in [3.8, 4) is 6.07 Å². The van der Waals surface area contributed by atoms with Crippen molar-refractivity contribution in [2.24, 2.45) is 0 Å². The lowest BCUT2D eigenvalue weighted by Crippen LogP contribution is -2.16. The van der Waals surface area contributed by atoms with E-state index in [-0.39, 0.29) is 23.0 Å². The predicted octanol–water partition coefficient (Wildman–Crippen LogP) is 3.98. The first-order chi connectivity index (χ1) is 12.3. The Hall–Kier alpha value is -2.73. The van der Waals surface area contributed by atoms with Crippen LogP contribution >= 0.6 is 11.8 Å². The topological polar surface area (TPSA) is 71.8 Å². The quantitative estimate of drug-likeness (QED) is 0.641. The number of hydrogen-bond donors (Lipinski definition) is 0. The third kappa shape index (κ3) is 3.46. The van der Waals surface area contributed by atoms with Crippen LogP contribution in [-0.2, 0) is 12.7 Å². The van der Waals surface area contributed by atoms with E-state index in [9.17, 15) is 18.0 Å². The second-order valence-electron chi connectivity index (χ2n) is 5.44. The van der Waals surface area contributed by atoms with Crippen LogP contribution in [0.2, 0.25) is 0 Å². The number of aromatic nitrogens is 2. The molecule has 0 bridgehead atoms. The van der Waals surface area contributed by atoms with Crippen LogP contribution in [0, 0.1) is 18.3 Å². The molecule has 5 nitrogen and oxygen atoms in total. The Bertz CT molecular complexity index is 1060. The molecule has 0 aliphatic heterocycles. The Kier molecular flexibility index (Phi) is 4.78. The summed E-state index contributed by atoms with van der Waals surface area (Å²) < 4.78 is 45.9. The molecule has 0 aliphatic rings. The third-order valence-corrected chi connectivity index (χ3v) is 4.61. The van der Waals surface area contributed by atoms with Gasteiger partial charge in [0.25, 0.3) is 0 Å². The number of halogens is 3. The molecule has 0 amide bonds. The second kappa shape index (κ2) is 6.88. The molecule has 0 saturated carbocycles. The highest BCUT2D eigenvalue weighted by Crippen LogP contribution is 2.35. The van der Waals surface area contributed by atoms with Crippen LogP contribution in [0.25, 0.3) is 11.1 Å². The molecule has 2 heterocycles. The van der Waals surface area contributed by atoms with E-state index in [4.69, 9.17) is 9.68 Å². The molecule has 0 N–H and O–H groups in total. The van der Waals surface area contributed by atoms with Gasteiger partial charge < -0.3 is 4.42 Å². The third-order valence-electron chi connectivity index (χ3n) is 3.66. The number of para-hydroxylation sites is 2. The first kappa shape index (κ1) is 18.1. The number of benzene rings is 1. The van der Waals surface area contributed by atoms with Gasteiger partial charge >= 0.3 is 11.9 Å². The van der Waals surface area contributed by atoms with Crippen molar-refractivity contribution >= 4 is 22.9 Å². The summed E-state index contributed by atoms with van der Waals surface area (Å²) in [7, 11) is 0. The van der Waals surface area contributed by atoms with Crippen molar-refractivity contribution < 1.29 is 17.6 Å². The molecule has 0 fully saturated rings. The van der Waals surface area contributed by atoms with Crippen LogP contribution in [0.15, 0.2) is 44.6 Å². The fraction of sp³-hybridized carbons (Fsp3) is 0.235. The maximum Gasteiger partial charge on any atom is 0.419 e. The van der Waals surface area contributed by atoms with Gasteiger partial charge in [-0.1, -0.05) is 12.1 Å². The summed E-state index contributed by atoms with van der Waals surface area (Å²) in [6.07, 6.45) is -4.63. The standard InChI is InChI=1S/C17H12F3N3O2S/c1-10-8-12(17(18,19)20)11(9-21)15(22-10)26-7-6-23-13-4-2-3-5-14(13)25-16(23)24/h2-5,8H,6-7H2,1H3. The zero-order chi connectivity index (χ0) is 18.9. The highest BCUT2D eigenvalue weighted by Gasteiger charge is 2.35. The molecular weight excluding hydrogens is 367 g/mol. The number of alkyl halides is 3. The monoisotopic (exact) mass is 379 g/mol. The van der Waals surface area contributed by atoms with E-state index in [1.54, 1.807) is 30.3 Å². The minimum atomic E-state index is -4.63. The van der Waals surface area contributed by atoms with E-state index in [2.05, 4.69) is 4.98 Å². The van der Waals surface area contributed by atoms with Gasteiger partial charge in [0, 0.05) is 18.0 Å². The van der Waals surface area contributed by atoms with Crippen LogP contribution < -0.4 is 5.76 Å². The van der Waals surface area contributed by atoms with Crippen molar-refractivity contribution in [2.75, 3.05) is 5.75 Å². The molecule has 1 aromatic carbocycles. The highest BCUT2D eigenvalue weighted by atomic mass is 32.2. The Labute approximate surface area is 150 Å². The van der Waals surface area contributed by atoms with Gasteiger partial charge in [-0.05, 0) is 25.1 Å². The first-order valence-corrected chi connectivity index (χ1v) is 8.50. The van der Waals surface area contributed by atoms with Gasteiger partial charge in [0.05, 0.1) is 16.6 Å². The number of thioether (sulfide) groups is 1. The van der Waals surface area contributed by atoms with Gasteiger partial charge in [-0.3, -0.25) is 4.57 Å². The molecule has 0 atom stereocenters. The Morgan fingerprint density at radius 2 is 2.08 bits per heavy atom. The Balaban J connectivity index is 1.86. The average molecular weight is 379 g/mol. The van der Waals surface area contributed by atoms with E-state index in [0.717, 1.165) is 17.8 Å². The van der Waals surface area contributed by atoms with E-state index in [1.807, 2.05) is 0 Å². The summed E-state index contributed by atoms with van der Waals surface area (Å²) in [5.41, 5.74) is -0.289. The number of pyridine rings is 1. The minimum absolute atomic E-state index is 0.000624. The fourth-order valence-electron chi connectivity index (χ4n) is 2.54. The van der Waals surface area contributed by atoms with Crippen LogP contribution in [0.3, 0.4) is 0 Å². The maximum absolute atomic E-state index is 13.1. The van der Waals surface area contributed by atoms with Crippen molar-refractivity contribution in [3.63, 3.8) is 0 Å². The lowest BCUT2D eigenvalue weighted by Gasteiger charge is -2.12. The van der Waals surface area contributed by atoms with Gasteiger partial charge in [0.1, 0.15) is 11.1 Å². The van der Waals surface area contributed by atoms with Gasteiger partial charge in [-0.2, -0.15) is 18.4 Å². The number of aryl methyl sites for hydroxylation is 2. The number of fused-ring (bicyclic) bond motifs is 1. The van der Waals surface area contributed by atoms with Crippen LogP contribution in [0.4, 0.5) is 13.2 Å².